The molecule has 0 aliphatic rings. The van der Waals surface area contributed by atoms with Gasteiger partial charge in [-0.2, -0.15) is 0 Å². The third-order valence-electron chi connectivity index (χ3n) is 3.80. The van der Waals surface area contributed by atoms with Crippen LogP contribution in [0.4, 0.5) is 5.69 Å². The smallest absolute Gasteiger partial charge is 0.261 e. The second-order valence-electron chi connectivity index (χ2n) is 5.80. The van der Waals surface area contributed by atoms with Crippen LogP contribution in [0.2, 0.25) is 0 Å². The Morgan fingerprint density at radius 1 is 0.783 bits per heavy atom. The maximum atomic E-state index is 12.4. The van der Waals surface area contributed by atoms with Crippen molar-refractivity contribution in [1.29, 1.82) is 0 Å². The molecule has 0 aliphatic carbocycles. The first-order chi connectivity index (χ1) is 11.0. The van der Waals surface area contributed by atoms with Crippen molar-refractivity contribution in [2.75, 3.05) is 4.72 Å². The summed E-state index contributed by atoms with van der Waals surface area (Å²) in [4.78, 5) is 0.299. The molecule has 1 N–H and O–H groups in total. The summed E-state index contributed by atoms with van der Waals surface area (Å²) >= 11 is 0. The zero-order chi connectivity index (χ0) is 16.7. The topological polar surface area (TPSA) is 46.2 Å². The summed E-state index contributed by atoms with van der Waals surface area (Å²) in [5, 5.41) is 0. The lowest BCUT2D eigenvalue weighted by atomic mass is 10.1. The first-order valence-electron chi connectivity index (χ1n) is 8.26. The molecule has 2 aromatic rings. The first-order valence-corrected chi connectivity index (χ1v) is 9.74. The molecule has 0 radical (unpaired) electrons. The molecule has 2 rings (SSSR count). The van der Waals surface area contributed by atoms with E-state index in [1.165, 1.54) is 5.56 Å². The van der Waals surface area contributed by atoms with Gasteiger partial charge >= 0.3 is 0 Å². The lowest BCUT2D eigenvalue weighted by Gasteiger charge is -2.09. The van der Waals surface area contributed by atoms with Gasteiger partial charge < -0.3 is 0 Å². The molecule has 0 heterocycles. The van der Waals surface area contributed by atoms with Gasteiger partial charge in [0, 0.05) is 5.69 Å². The van der Waals surface area contributed by atoms with Gasteiger partial charge in [-0.05, 0) is 54.7 Å². The van der Waals surface area contributed by atoms with Crippen LogP contribution >= 0.6 is 0 Å². The predicted molar refractivity (Wildman–Crippen MR) is 96.3 cm³/mol. The van der Waals surface area contributed by atoms with Gasteiger partial charge in [-0.1, -0.05) is 51.0 Å². The van der Waals surface area contributed by atoms with Crippen LogP contribution in [0, 0.1) is 0 Å². The van der Waals surface area contributed by atoms with Crippen molar-refractivity contribution in [3.05, 3.63) is 59.7 Å². The Labute approximate surface area is 139 Å². The summed E-state index contributed by atoms with van der Waals surface area (Å²) in [5.74, 6) is 0. The van der Waals surface area contributed by atoms with Gasteiger partial charge in [0.05, 0.1) is 4.90 Å². The van der Waals surface area contributed by atoms with Gasteiger partial charge in [-0.15, -0.1) is 0 Å². The molecule has 0 saturated heterocycles. The van der Waals surface area contributed by atoms with E-state index in [-0.39, 0.29) is 0 Å². The minimum Gasteiger partial charge on any atom is -0.280 e. The highest BCUT2D eigenvalue weighted by molar-refractivity contribution is 7.92. The van der Waals surface area contributed by atoms with E-state index in [9.17, 15) is 8.42 Å². The van der Waals surface area contributed by atoms with Crippen molar-refractivity contribution in [3.63, 3.8) is 0 Å². The Kier molecular flexibility index (Phi) is 6.22. The van der Waals surface area contributed by atoms with Gasteiger partial charge in [-0.25, -0.2) is 8.42 Å². The largest absolute Gasteiger partial charge is 0.280 e. The standard InChI is InChI=1S/C19H25NO2S/c1-3-5-7-17-8-12-18(13-9-17)20-23(21,22)19-14-10-16(6-4-2)11-15-19/h8-15,20H,3-7H2,1-2H3. The molecular formula is C19H25NO2S. The van der Waals surface area contributed by atoms with E-state index in [0.29, 0.717) is 10.6 Å². The average Bonchev–Trinajstić information content (AvgIpc) is 2.55. The van der Waals surface area contributed by atoms with Crippen molar-refractivity contribution in [3.8, 4) is 0 Å². The predicted octanol–water partition coefficient (Wildman–Crippen LogP) is 4.78. The number of rotatable bonds is 8. The van der Waals surface area contributed by atoms with Crippen LogP contribution in [0.25, 0.3) is 0 Å². The second kappa shape index (κ2) is 8.16. The van der Waals surface area contributed by atoms with Crippen LogP contribution in [-0.2, 0) is 22.9 Å². The molecule has 124 valence electrons. The molecule has 0 amide bonds. The van der Waals surface area contributed by atoms with E-state index < -0.39 is 10.0 Å². The van der Waals surface area contributed by atoms with Crippen LogP contribution in [0.1, 0.15) is 44.2 Å². The number of anilines is 1. The van der Waals surface area contributed by atoms with Gasteiger partial charge in [-0.3, -0.25) is 4.72 Å². The molecular weight excluding hydrogens is 306 g/mol. The quantitative estimate of drug-likeness (QED) is 0.756. The molecule has 0 aliphatic heterocycles. The van der Waals surface area contributed by atoms with E-state index in [1.807, 2.05) is 36.4 Å². The highest BCUT2D eigenvalue weighted by Gasteiger charge is 2.13. The summed E-state index contributed by atoms with van der Waals surface area (Å²) in [6, 6.07) is 14.7. The Morgan fingerprint density at radius 3 is 1.91 bits per heavy atom. The van der Waals surface area contributed by atoms with Crippen molar-refractivity contribution < 1.29 is 8.42 Å². The number of aryl methyl sites for hydroxylation is 2. The van der Waals surface area contributed by atoms with E-state index >= 15 is 0 Å². The van der Waals surface area contributed by atoms with Crippen molar-refractivity contribution in [2.45, 2.75) is 50.8 Å². The van der Waals surface area contributed by atoms with Crippen molar-refractivity contribution >= 4 is 15.7 Å². The van der Waals surface area contributed by atoms with E-state index in [2.05, 4.69) is 18.6 Å². The minimum absolute atomic E-state index is 0.299. The summed E-state index contributed by atoms with van der Waals surface area (Å²) < 4.78 is 27.5. The van der Waals surface area contributed by atoms with E-state index in [0.717, 1.165) is 37.7 Å². The molecule has 4 heteroatoms. The zero-order valence-corrected chi connectivity index (χ0v) is 14.7. The van der Waals surface area contributed by atoms with E-state index in [1.54, 1.807) is 12.1 Å². The first kappa shape index (κ1) is 17.5. The third kappa shape index (κ3) is 5.10. The molecule has 0 unspecified atom stereocenters. The van der Waals surface area contributed by atoms with Crippen LogP contribution < -0.4 is 4.72 Å². The molecule has 0 atom stereocenters. The van der Waals surface area contributed by atoms with Crippen LogP contribution in [-0.4, -0.2) is 8.42 Å². The Balaban J connectivity index is 2.08. The number of hydrogen-bond acceptors (Lipinski definition) is 2. The van der Waals surface area contributed by atoms with Gasteiger partial charge in [0.1, 0.15) is 0 Å². The number of benzene rings is 2. The van der Waals surface area contributed by atoms with Crippen molar-refractivity contribution in [2.24, 2.45) is 0 Å². The molecule has 0 bridgehead atoms. The molecule has 0 fully saturated rings. The fourth-order valence-corrected chi connectivity index (χ4v) is 3.52. The van der Waals surface area contributed by atoms with Gasteiger partial charge in [0.25, 0.3) is 10.0 Å². The monoisotopic (exact) mass is 331 g/mol. The van der Waals surface area contributed by atoms with Gasteiger partial charge in [0.2, 0.25) is 0 Å². The maximum absolute atomic E-state index is 12.4. The fourth-order valence-electron chi connectivity index (χ4n) is 2.46. The molecule has 0 saturated carbocycles. The van der Waals surface area contributed by atoms with Crippen LogP contribution in [0.3, 0.4) is 0 Å². The van der Waals surface area contributed by atoms with Crippen molar-refractivity contribution in [1.82, 2.24) is 0 Å². The Hall–Kier alpha value is -1.81. The number of unbranched alkanes of at least 4 members (excludes halogenated alkanes) is 1. The third-order valence-corrected chi connectivity index (χ3v) is 5.19. The lowest BCUT2D eigenvalue weighted by Crippen LogP contribution is -2.12. The summed E-state index contributed by atoms with van der Waals surface area (Å²) in [6.45, 7) is 4.27. The average molecular weight is 331 g/mol. The Bertz CT molecular complexity index is 704. The molecule has 3 nitrogen and oxygen atoms in total. The summed E-state index contributed by atoms with van der Waals surface area (Å²) in [5.41, 5.74) is 2.99. The molecule has 0 spiro atoms. The van der Waals surface area contributed by atoms with Gasteiger partial charge in [0.15, 0.2) is 0 Å². The number of hydrogen-bond donors (Lipinski definition) is 1. The number of sulfonamides is 1. The zero-order valence-electron chi connectivity index (χ0n) is 13.9. The number of nitrogens with one attached hydrogen (secondary N) is 1. The molecule has 23 heavy (non-hydrogen) atoms. The lowest BCUT2D eigenvalue weighted by molar-refractivity contribution is 0.601. The Morgan fingerprint density at radius 2 is 1.35 bits per heavy atom. The molecule has 2 aromatic carbocycles. The molecule has 0 aromatic heterocycles. The van der Waals surface area contributed by atoms with E-state index in [4.69, 9.17) is 0 Å². The minimum atomic E-state index is -3.52. The van der Waals surface area contributed by atoms with Crippen LogP contribution in [0.15, 0.2) is 53.4 Å². The summed E-state index contributed by atoms with van der Waals surface area (Å²) in [7, 11) is -3.52. The highest BCUT2D eigenvalue weighted by Crippen LogP contribution is 2.18. The SMILES string of the molecule is CCCCc1ccc(NS(=O)(=O)c2ccc(CCC)cc2)cc1. The van der Waals surface area contributed by atoms with Crippen LogP contribution in [0.5, 0.6) is 0 Å². The highest BCUT2D eigenvalue weighted by atomic mass is 32.2. The summed E-state index contributed by atoms with van der Waals surface area (Å²) in [6.07, 6.45) is 5.35. The fraction of sp³-hybridized carbons (Fsp3) is 0.368. The normalized spacial score (nSPS) is 11.4. The maximum Gasteiger partial charge on any atom is 0.261 e. The second-order valence-corrected chi connectivity index (χ2v) is 7.48.